The highest BCUT2D eigenvalue weighted by atomic mass is 16.6. The summed E-state index contributed by atoms with van der Waals surface area (Å²) < 4.78 is 22.5. The van der Waals surface area contributed by atoms with Crippen molar-refractivity contribution in [3.63, 3.8) is 0 Å². The first kappa shape index (κ1) is 70.0. The molecule has 0 aromatic rings. The molecule has 6 amide bonds. The molecule has 0 aliphatic carbocycles. The zero-order chi connectivity index (χ0) is 56.1. The van der Waals surface area contributed by atoms with Crippen molar-refractivity contribution in [1.29, 1.82) is 0 Å². The lowest BCUT2D eigenvalue weighted by molar-refractivity contribution is -0.133. The quantitative estimate of drug-likeness (QED) is 0.0445. The predicted molar refractivity (Wildman–Crippen MR) is 299 cm³/mol. The summed E-state index contributed by atoms with van der Waals surface area (Å²) >= 11 is 0. The highest BCUT2D eigenvalue weighted by molar-refractivity contribution is 5.87. The highest BCUT2D eigenvalue weighted by Crippen LogP contribution is 2.17. The molecule has 0 atom stereocenters. The Labute approximate surface area is 451 Å². The summed E-state index contributed by atoms with van der Waals surface area (Å²) in [4.78, 5) is 86.2. The third-order valence-electron chi connectivity index (χ3n) is 11.9. The lowest BCUT2D eigenvalue weighted by Gasteiger charge is -2.30. The van der Waals surface area contributed by atoms with E-state index in [2.05, 4.69) is 24.5 Å². The van der Waals surface area contributed by atoms with Crippen LogP contribution >= 0.6 is 0 Å². The van der Waals surface area contributed by atoms with E-state index in [1.54, 1.807) is 92.9 Å². The standard InChI is InChI=1S/C58H112N6O10/c1-15-17-19-21-23-25-27-29-31-33-40-61(41-34-32-30-28-26-24-22-20-18-16-2)50(66)47-60-49(65)48-64(54(70)74-58(12,13)14)46-38-45-63(53(69)73-57(9,10)11)43-36-35-42-62(52(68)72-56(6,7)8)44-37-39-59-51(67)71-55(3,4)5/h15-48H2,1-14H3,(H,59,67)(H,60,65). The molecule has 0 heterocycles. The van der Waals surface area contributed by atoms with Crippen molar-refractivity contribution in [2.75, 3.05) is 65.4 Å². The predicted octanol–water partition coefficient (Wildman–Crippen LogP) is 13.6. The van der Waals surface area contributed by atoms with Crippen LogP contribution in [-0.4, -0.2) is 144 Å². The molecule has 0 aliphatic heterocycles. The third kappa shape index (κ3) is 42.3. The molecule has 16 heteroatoms. The fourth-order valence-electron chi connectivity index (χ4n) is 8.09. The Bertz CT molecular complexity index is 1510. The van der Waals surface area contributed by atoms with Gasteiger partial charge in [0.1, 0.15) is 28.9 Å². The summed E-state index contributed by atoms with van der Waals surface area (Å²) in [5.41, 5.74) is -2.92. The zero-order valence-electron chi connectivity index (χ0n) is 49.9. The minimum Gasteiger partial charge on any atom is -0.444 e. The fraction of sp³-hybridized carbons (Fsp3) is 0.897. The molecular weight excluding hydrogens is 941 g/mol. The Hall–Kier alpha value is -3.98. The maximum atomic E-state index is 13.7. The molecule has 74 heavy (non-hydrogen) atoms. The molecule has 0 bridgehead atoms. The van der Waals surface area contributed by atoms with Gasteiger partial charge in [0.25, 0.3) is 0 Å². The highest BCUT2D eigenvalue weighted by Gasteiger charge is 2.28. The molecule has 0 saturated heterocycles. The third-order valence-corrected chi connectivity index (χ3v) is 11.9. The van der Waals surface area contributed by atoms with Crippen molar-refractivity contribution in [3.8, 4) is 0 Å². The van der Waals surface area contributed by atoms with E-state index in [4.69, 9.17) is 18.9 Å². The van der Waals surface area contributed by atoms with Crippen molar-refractivity contribution < 1.29 is 47.7 Å². The van der Waals surface area contributed by atoms with Crippen LogP contribution in [-0.2, 0) is 28.5 Å². The van der Waals surface area contributed by atoms with E-state index in [1.807, 2.05) is 4.90 Å². The van der Waals surface area contributed by atoms with Gasteiger partial charge in [0.05, 0.1) is 6.54 Å². The van der Waals surface area contributed by atoms with Gasteiger partial charge in [0, 0.05) is 52.4 Å². The number of carbonyl (C=O) groups excluding carboxylic acids is 6. The number of hydrogen-bond donors (Lipinski definition) is 2. The van der Waals surface area contributed by atoms with E-state index >= 15 is 0 Å². The molecule has 0 unspecified atom stereocenters. The van der Waals surface area contributed by atoms with Gasteiger partial charge in [-0.05, 0) is 122 Å². The number of unbranched alkanes of at least 4 members (excludes halogenated alkanes) is 19. The largest absolute Gasteiger partial charge is 0.444 e. The summed E-state index contributed by atoms with van der Waals surface area (Å²) in [5, 5.41) is 5.53. The number of nitrogens with zero attached hydrogens (tertiary/aromatic N) is 4. The lowest BCUT2D eigenvalue weighted by atomic mass is 10.1. The van der Waals surface area contributed by atoms with Gasteiger partial charge < -0.3 is 44.3 Å². The first-order chi connectivity index (χ1) is 34.7. The van der Waals surface area contributed by atoms with Crippen molar-refractivity contribution in [2.45, 2.75) is 273 Å². The fourth-order valence-corrected chi connectivity index (χ4v) is 8.09. The topological polar surface area (TPSA) is 176 Å². The van der Waals surface area contributed by atoms with E-state index in [-0.39, 0.29) is 32.1 Å². The number of ether oxygens (including phenoxy) is 4. The average Bonchev–Trinajstić information content (AvgIpc) is 3.27. The molecule has 0 aliphatic rings. The Morgan fingerprint density at radius 3 is 1.01 bits per heavy atom. The molecule has 0 radical (unpaired) electrons. The molecule has 0 saturated carbocycles. The molecule has 434 valence electrons. The van der Waals surface area contributed by atoms with Gasteiger partial charge in [0.15, 0.2) is 0 Å². The van der Waals surface area contributed by atoms with Gasteiger partial charge in [0.2, 0.25) is 11.8 Å². The van der Waals surface area contributed by atoms with Gasteiger partial charge in [-0.2, -0.15) is 0 Å². The van der Waals surface area contributed by atoms with E-state index in [0.29, 0.717) is 65.0 Å². The first-order valence-corrected chi connectivity index (χ1v) is 29.1. The van der Waals surface area contributed by atoms with Crippen LogP contribution < -0.4 is 10.6 Å². The van der Waals surface area contributed by atoms with E-state index in [1.165, 1.54) is 94.8 Å². The molecule has 0 aromatic carbocycles. The second-order valence-corrected chi connectivity index (χ2v) is 24.2. The first-order valence-electron chi connectivity index (χ1n) is 29.1. The smallest absolute Gasteiger partial charge is 0.410 e. The molecule has 0 fully saturated rings. The summed E-state index contributed by atoms with van der Waals surface area (Å²) in [6.45, 7) is 28.4. The number of rotatable bonds is 39. The monoisotopic (exact) mass is 1050 g/mol. The minimum atomic E-state index is -0.824. The zero-order valence-corrected chi connectivity index (χ0v) is 49.9. The summed E-state index contributed by atoms with van der Waals surface area (Å²) in [7, 11) is 0. The van der Waals surface area contributed by atoms with Crippen LogP contribution in [0.3, 0.4) is 0 Å². The molecular formula is C58H112N6O10. The summed E-state index contributed by atoms with van der Waals surface area (Å²) in [6.07, 6.45) is 23.9. The number of amides is 6. The second-order valence-electron chi connectivity index (χ2n) is 24.2. The van der Waals surface area contributed by atoms with Gasteiger partial charge >= 0.3 is 24.4 Å². The van der Waals surface area contributed by atoms with Crippen molar-refractivity contribution in [2.24, 2.45) is 0 Å². The van der Waals surface area contributed by atoms with Gasteiger partial charge in [-0.25, -0.2) is 19.2 Å². The van der Waals surface area contributed by atoms with Crippen LogP contribution in [0, 0.1) is 0 Å². The SMILES string of the molecule is CCCCCCCCCCCCN(CCCCCCCCCCCC)C(=O)CNC(=O)CN(CCCN(CCCCN(CCCNC(=O)OC(C)(C)C)C(=O)OC(C)(C)C)C(=O)OC(C)(C)C)C(=O)OC(C)(C)C. The molecule has 0 aromatic heterocycles. The Morgan fingerprint density at radius 1 is 0.338 bits per heavy atom. The van der Waals surface area contributed by atoms with Crippen LogP contribution in [0.5, 0.6) is 0 Å². The number of hydrogen-bond acceptors (Lipinski definition) is 10. The van der Waals surface area contributed by atoms with Crippen molar-refractivity contribution >= 4 is 36.2 Å². The van der Waals surface area contributed by atoms with Crippen LogP contribution in [0.4, 0.5) is 19.2 Å². The maximum absolute atomic E-state index is 13.7. The molecule has 0 spiro atoms. The Morgan fingerprint density at radius 2 is 0.635 bits per heavy atom. The van der Waals surface area contributed by atoms with Crippen LogP contribution in [0.25, 0.3) is 0 Å². The maximum Gasteiger partial charge on any atom is 0.410 e. The normalized spacial score (nSPS) is 11.9. The Kier molecular flexibility index (Phi) is 37.3. The van der Waals surface area contributed by atoms with E-state index < -0.39 is 52.7 Å². The minimum absolute atomic E-state index is 0.100. The van der Waals surface area contributed by atoms with Gasteiger partial charge in [-0.3, -0.25) is 14.5 Å². The van der Waals surface area contributed by atoms with Crippen LogP contribution in [0.1, 0.15) is 251 Å². The van der Waals surface area contributed by atoms with Gasteiger partial charge in [-0.1, -0.05) is 129 Å². The number of nitrogens with one attached hydrogen (secondary N) is 2. The lowest BCUT2D eigenvalue weighted by Crippen LogP contribution is -2.47. The average molecular weight is 1050 g/mol. The van der Waals surface area contributed by atoms with Crippen molar-refractivity contribution in [1.82, 2.24) is 30.2 Å². The molecule has 16 nitrogen and oxygen atoms in total. The van der Waals surface area contributed by atoms with Crippen LogP contribution in [0.15, 0.2) is 0 Å². The summed E-state index contributed by atoms with van der Waals surface area (Å²) in [6, 6.07) is 0. The second kappa shape index (κ2) is 39.4. The Balaban J connectivity index is 5.74. The number of carbonyl (C=O) groups is 6. The number of alkyl carbamates (subject to hydrolysis) is 1. The van der Waals surface area contributed by atoms with Crippen molar-refractivity contribution in [3.05, 3.63) is 0 Å². The molecule has 0 rings (SSSR count). The van der Waals surface area contributed by atoms with Crippen LogP contribution in [0.2, 0.25) is 0 Å². The summed E-state index contributed by atoms with van der Waals surface area (Å²) in [5.74, 6) is -0.590. The van der Waals surface area contributed by atoms with E-state index in [9.17, 15) is 28.8 Å². The van der Waals surface area contributed by atoms with E-state index in [0.717, 1.165) is 38.5 Å². The van der Waals surface area contributed by atoms with Gasteiger partial charge in [-0.15, -0.1) is 0 Å². The molecule has 2 N–H and O–H groups in total.